The van der Waals surface area contributed by atoms with Crippen molar-refractivity contribution in [2.75, 3.05) is 13.2 Å². The standard InChI is InChI=1S/C20H22N2O2/c1-2-14-24-19-11-7-6-10-18(19)16-21-13-12-20(23)22-15-17-8-4-3-5-9-17/h1,3-11,21H,12-16H2,(H,22,23). The summed E-state index contributed by atoms with van der Waals surface area (Å²) in [5, 5.41) is 6.17. The molecule has 0 bridgehead atoms. The van der Waals surface area contributed by atoms with E-state index in [-0.39, 0.29) is 12.5 Å². The van der Waals surface area contributed by atoms with Gasteiger partial charge in [0.25, 0.3) is 0 Å². The lowest BCUT2D eigenvalue weighted by Gasteiger charge is -2.10. The predicted molar refractivity (Wildman–Crippen MR) is 95.4 cm³/mol. The molecule has 1 amide bonds. The van der Waals surface area contributed by atoms with Gasteiger partial charge in [-0.2, -0.15) is 0 Å². The van der Waals surface area contributed by atoms with E-state index in [4.69, 9.17) is 11.2 Å². The van der Waals surface area contributed by atoms with Crippen molar-refractivity contribution in [3.8, 4) is 18.1 Å². The van der Waals surface area contributed by atoms with Gasteiger partial charge < -0.3 is 15.4 Å². The van der Waals surface area contributed by atoms with Gasteiger partial charge >= 0.3 is 0 Å². The lowest BCUT2D eigenvalue weighted by atomic mass is 10.2. The van der Waals surface area contributed by atoms with Crippen LogP contribution >= 0.6 is 0 Å². The first-order valence-corrected chi connectivity index (χ1v) is 7.95. The lowest BCUT2D eigenvalue weighted by Crippen LogP contribution is -2.27. The highest BCUT2D eigenvalue weighted by atomic mass is 16.5. The molecule has 124 valence electrons. The summed E-state index contributed by atoms with van der Waals surface area (Å²) in [6.07, 6.45) is 5.65. The average Bonchev–Trinajstić information content (AvgIpc) is 2.63. The molecule has 0 fully saturated rings. The van der Waals surface area contributed by atoms with Gasteiger partial charge in [-0.25, -0.2) is 0 Å². The van der Waals surface area contributed by atoms with Crippen molar-refractivity contribution in [1.82, 2.24) is 10.6 Å². The minimum atomic E-state index is 0.0308. The minimum Gasteiger partial charge on any atom is -0.481 e. The highest BCUT2D eigenvalue weighted by Crippen LogP contribution is 2.17. The molecule has 0 saturated carbocycles. The van der Waals surface area contributed by atoms with Crippen LogP contribution in [0.3, 0.4) is 0 Å². The second kappa shape index (κ2) is 10.1. The van der Waals surface area contributed by atoms with Crippen LogP contribution in [0, 0.1) is 12.3 Å². The topological polar surface area (TPSA) is 50.4 Å². The molecule has 4 nitrogen and oxygen atoms in total. The summed E-state index contributed by atoms with van der Waals surface area (Å²) >= 11 is 0. The number of hydrogen-bond donors (Lipinski definition) is 2. The number of nitrogens with one attached hydrogen (secondary N) is 2. The van der Waals surface area contributed by atoms with Crippen LogP contribution in [0.25, 0.3) is 0 Å². The van der Waals surface area contributed by atoms with Crippen molar-refractivity contribution >= 4 is 5.91 Å². The molecule has 2 aromatic carbocycles. The molecule has 4 heteroatoms. The maximum atomic E-state index is 11.8. The van der Waals surface area contributed by atoms with E-state index in [0.29, 0.717) is 26.1 Å². The van der Waals surface area contributed by atoms with Crippen LogP contribution in [0.4, 0.5) is 0 Å². The van der Waals surface area contributed by atoms with Crippen LogP contribution < -0.4 is 15.4 Å². The Hall–Kier alpha value is -2.77. The molecule has 0 radical (unpaired) electrons. The van der Waals surface area contributed by atoms with Crippen molar-refractivity contribution < 1.29 is 9.53 Å². The van der Waals surface area contributed by atoms with E-state index >= 15 is 0 Å². The Bertz CT molecular complexity index is 678. The molecule has 0 aliphatic rings. The van der Waals surface area contributed by atoms with Gasteiger partial charge in [0.15, 0.2) is 0 Å². The van der Waals surface area contributed by atoms with Crippen LogP contribution in [0.2, 0.25) is 0 Å². The maximum absolute atomic E-state index is 11.8. The van der Waals surface area contributed by atoms with E-state index in [0.717, 1.165) is 16.9 Å². The Morgan fingerprint density at radius 2 is 1.79 bits per heavy atom. The smallest absolute Gasteiger partial charge is 0.221 e. The third kappa shape index (κ3) is 6.15. The molecule has 2 N–H and O–H groups in total. The van der Waals surface area contributed by atoms with Gasteiger partial charge in [-0.3, -0.25) is 4.79 Å². The molecule has 0 aromatic heterocycles. The summed E-state index contributed by atoms with van der Waals surface area (Å²) in [7, 11) is 0. The monoisotopic (exact) mass is 322 g/mol. The number of amides is 1. The summed E-state index contributed by atoms with van der Waals surface area (Å²) in [4.78, 5) is 11.8. The van der Waals surface area contributed by atoms with E-state index in [1.165, 1.54) is 0 Å². The highest BCUT2D eigenvalue weighted by molar-refractivity contribution is 5.76. The third-order valence-corrected chi connectivity index (χ3v) is 3.46. The summed E-state index contributed by atoms with van der Waals surface area (Å²) in [5.74, 6) is 3.26. The summed E-state index contributed by atoms with van der Waals surface area (Å²) < 4.78 is 5.50. The molecule has 0 atom stereocenters. The second-order valence-corrected chi connectivity index (χ2v) is 5.29. The van der Waals surface area contributed by atoms with E-state index in [1.807, 2.05) is 54.6 Å². The first-order chi connectivity index (χ1) is 11.8. The molecule has 24 heavy (non-hydrogen) atoms. The van der Waals surface area contributed by atoms with Gasteiger partial charge in [-0.15, -0.1) is 6.42 Å². The van der Waals surface area contributed by atoms with E-state index in [9.17, 15) is 4.79 Å². The minimum absolute atomic E-state index is 0.0308. The van der Waals surface area contributed by atoms with Gasteiger partial charge in [0, 0.05) is 31.6 Å². The maximum Gasteiger partial charge on any atom is 0.221 e. The van der Waals surface area contributed by atoms with Crippen molar-refractivity contribution in [1.29, 1.82) is 0 Å². The van der Waals surface area contributed by atoms with Gasteiger partial charge in [0.05, 0.1) is 0 Å². The molecule has 0 spiro atoms. The second-order valence-electron chi connectivity index (χ2n) is 5.29. The molecule has 0 aliphatic heterocycles. The Balaban J connectivity index is 1.67. The van der Waals surface area contributed by atoms with E-state index < -0.39 is 0 Å². The molecule has 0 heterocycles. The summed E-state index contributed by atoms with van der Waals surface area (Å²) in [6, 6.07) is 17.6. The summed E-state index contributed by atoms with van der Waals surface area (Å²) in [6.45, 7) is 2.04. The van der Waals surface area contributed by atoms with Crippen LogP contribution in [0.15, 0.2) is 54.6 Å². The van der Waals surface area contributed by atoms with E-state index in [2.05, 4.69) is 16.6 Å². The lowest BCUT2D eigenvalue weighted by molar-refractivity contribution is -0.121. The molecule has 0 unspecified atom stereocenters. The van der Waals surface area contributed by atoms with Crippen molar-refractivity contribution in [3.63, 3.8) is 0 Å². The molecule has 0 saturated heterocycles. The van der Waals surface area contributed by atoms with E-state index in [1.54, 1.807) is 0 Å². The third-order valence-electron chi connectivity index (χ3n) is 3.46. The fourth-order valence-corrected chi connectivity index (χ4v) is 2.22. The Morgan fingerprint density at radius 1 is 1.04 bits per heavy atom. The van der Waals surface area contributed by atoms with Crippen LogP contribution in [0.5, 0.6) is 5.75 Å². The molecular weight excluding hydrogens is 300 g/mol. The SMILES string of the molecule is C#CCOc1ccccc1CNCCC(=O)NCc1ccccc1. The van der Waals surface area contributed by atoms with Gasteiger partial charge in [0.1, 0.15) is 12.4 Å². The van der Waals surface area contributed by atoms with Crippen LogP contribution in [-0.4, -0.2) is 19.1 Å². The highest BCUT2D eigenvalue weighted by Gasteiger charge is 2.04. The van der Waals surface area contributed by atoms with Crippen LogP contribution in [-0.2, 0) is 17.9 Å². The Morgan fingerprint density at radius 3 is 2.58 bits per heavy atom. The Labute approximate surface area is 143 Å². The van der Waals surface area contributed by atoms with Gasteiger partial charge in [0.2, 0.25) is 5.91 Å². The molecule has 2 rings (SSSR count). The number of ether oxygens (including phenoxy) is 1. The van der Waals surface area contributed by atoms with Crippen molar-refractivity contribution in [3.05, 3.63) is 65.7 Å². The first kappa shape index (κ1) is 17.6. The fraction of sp³-hybridized carbons (Fsp3) is 0.250. The normalized spacial score (nSPS) is 9.96. The molecule has 2 aromatic rings. The predicted octanol–water partition coefficient (Wildman–Crippen LogP) is 2.49. The van der Waals surface area contributed by atoms with Crippen LogP contribution in [0.1, 0.15) is 17.5 Å². The number of benzene rings is 2. The number of hydrogen-bond acceptors (Lipinski definition) is 3. The molecular formula is C20H22N2O2. The number of carbonyl (C=O) groups is 1. The van der Waals surface area contributed by atoms with Gasteiger partial charge in [-0.05, 0) is 11.6 Å². The summed E-state index contributed by atoms with van der Waals surface area (Å²) in [5.41, 5.74) is 2.12. The zero-order valence-corrected chi connectivity index (χ0v) is 13.6. The Kier molecular flexibility index (Phi) is 7.39. The fourth-order valence-electron chi connectivity index (χ4n) is 2.22. The van der Waals surface area contributed by atoms with Crippen molar-refractivity contribution in [2.24, 2.45) is 0 Å². The zero-order chi connectivity index (χ0) is 17.0. The largest absolute Gasteiger partial charge is 0.481 e. The quantitative estimate of drug-likeness (QED) is 0.551. The van der Waals surface area contributed by atoms with Crippen molar-refractivity contribution in [2.45, 2.75) is 19.5 Å². The number of rotatable bonds is 9. The first-order valence-electron chi connectivity index (χ1n) is 7.95. The average molecular weight is 322 g/mol. The molecule has 0 aliphatic carbocycles. The number of para-hydroxylation sites is 1. The number of terminal acetylenes is 1. The van der Waals surface area contributed by atoms with Gasteiger partial charge in [-0.1, -0.05) is 54.5 Å². The number of carbonyl (C=O) groups excluding carboxylic acids is 1. The zero-order valence-electron chi connectivity index (χ0n) is 13.6.